The molecule has 0 bridgehead atoms. The first kappa shape index (κ1) is 21.1. The Hall–Kier alpha value is -2.20. The van der Waals surface area contributed by atoms with Crippen LogP contribution in [0, 0.1) is 18.6 Å². The highest BCUT2D eigenvalue weighted by Crippen LogP contribution is 2.34. The highest BCUT2D eigenvalue weighted by atomic mass is 35.5. The van der Waals surface area contributed by atoms with Crippen molar-refractivity contribution in [3.8, 4) is 11.1 Å². The quantitative estimate of drug-likeness (QED) is 0.454. The smallest absolute Gasteiger partial charge is 0.247 e. The molecule has 0 saturated carbocycles. The van der Waals surface area contributed by atoms with E-state index in [1.807, 2.05) is 13.8 Å². The monoisotopic (exact) mass is 391 g/mol. The second-order valence-corrected chi connectivity index (χ2v) is 7.05. The molecule has 1 amide bonds. The third kappa shape index (κ3) is 4.95. The van der Waals surface area contributed by atoms with Crippen LogP contribution in [0.4, 0.5) is 8.78 Å². The van der Waals surface area contributed by atoms with Gasteiger partial charge in [-0.1, -0.05) is 31.0 Å². The van der Waals surface area contributed by atoms with Gasteiger partial charge in [-0.2, -0.15) is 0 Å². The second-order valence-electron chi connectivity index (χ2n) is 6.61. The minimum Gasteiger partial charge on any atom is -0.352 e. The lowest BCUT2D eigenvalue weighted by Gasteiger charge is -2.16. The number of hydrogen-bond acceptors (Lipinski definition) is 1. The molecule has 0 saturated heterocycles. The van der Waals surface area contributed by atoms with Crippen LogP contribution in [0.15, 0.2) is 35.9 Å². The number of rotatable bonds is 6. The summed E-state index contributed by atoms with van der Waals surface area (Å²) in [5.74, 6) is -1.92. The van der Waals surface area contributed by atoms with Crippen molar-refractivity contribution in [2.45, 2.75) is 40.5 Å². The third-order valence-corrected chi connectivity index (χ3v) is 4.94. The first-order chi connectivity index (χ1) is 12.8. The molecule has 2 nitrogen and oxygen atoms in total. The van der Waals surface area contributed by atoms with Gasteiger partial charge in [0.25, 0.3) is 0 Å². The molecule has 0 fully saturated rings. The van der Waals surface area contributed by atoms with Crippen molar-refractivity contribution >= 4 is 23.1 Å². The third-order valence-electron chi connectivity index (χ3n) is 4.73. The van der Waals surface area contributed by atoms with E-state index in [2.05, 4.69) is 12.2 Å². The van der Waals surface area contributed by atoms with Crippen molar-refractivity contribution in [1.82, 2.24) is 5.32 Å². The number of amides is 1. The average molecular weight is 392 g/mol. The molecule has 0 unspecified atom stereocenters. The Bertz CT molecular complexity index is 890. The van der Waals surface area contributed by atoms with Crippen molar-refractivity contribution in [3.63, 3.8) is 0 Å². The molecule has 0 aromatic heterocycles. The number of unbranched alkanes of at least 4 members (excludes halogenated alkanes) is 1. The normalized spacial score (nSPS) is 12.0. The van der Waals surface area contributed by atoms with Crippen LogP contribution in [0.2, 0.25) is 5.02 Å². The first-order valence-corrected chi connectivity index (χ1v) is 9.35. The summed E-state index contributed by atoms with van der Waals surface area (Å²) in [7, 11) is 0. The molecule has 0 aliphatic heterocycles. The summed E-state index contributed by atoms with van der Waals surface area (Å²) in [6.07, 6.45) is 1.93. The van der Waals surface area contributed by atoms with Crippen molar-refractivity contribution in [1.29, 1.82) is 0 Å². The zero-order valence-electron chi connectivity index (χ0n) is 16.1. The van der Waals surface area contributed by atoms with E-state index in [0.717, 1.165) is 41.7 Å². The van der Waals surface area contributed by atoms with Crippen molar-refractivity contribution < 1.29 is 13.6 Å². The van der Waals surface area contributed by atoms with Crippen LogP contribution in [0.1, 0.15) is 44.7 Å². The Morgan fingerprint density at radius 1 is 1.11 bits per heavy atom. The van der Waals surface area contributed by atoms with Crippen LogP contribution >= 0.6 is 11.6 Å². The lowest BCUT2D eigenvalue weighted by Crippen LogP contribution is -2.25. The van der Waals surface area contributed by atoms with Crippen LogP contribution in [0.5, 0.6) is 0 Å². The lowest BCUT2D eigenvalue weighted by molar-refractivity contribution is -0.117. The van der Waals surface area contributed by atoms with Gasteiger partial charge in [-0.05, 0) is 79.3 Å². The zero-order valence-corrected chi connectivity index (χ0v) is 16.8. The minimum absolute atomic E-state index is 0.116. The van der Waals surface area contributed by atoms with Crippen LogP contribution in [0.3, 0.4) is 0 Å². The Kier molecular flexibility index (Phi) is 7.14. The maximum Gasteiger partial charge on any atom is 0.247 e. The molecule has 27 heavy (non-hydrogen) atoms. The average Bonchev–Trinajstić information content (AvgIpc) is 2.64. The zero-order chi connectivity index (χ0) is 20.1. The van der Waals surface area contributed by atoms with Gasteiger partial charge in [0, 0.05) is 17.1 Å². The van der Waals surface area contributed by atoms with E-state index in [4.69, 9.17) is 11.6 Å². The van der Waals surface area contributed by atoms with E-state index in [1.54, 1.807) is 19.1 Å². The SMILES string of the molecule is CCCCNC(=O)/C(C)=C(\C)c1cc(Cl)cc(-c2ccc(F)c(F)c2)c1C. The number of nitrogens with one attached hydrogen (secondary N) is 1. The van der Waals surface area contributed by atoms with Gasteiger partial charge in [-0.15, -0.1) is 0 Å². The topological polar surface area (TPSA) is 29.1 Å². The number of carbonyl (C=O) groups is 1. The van der Waals surface area contributed by atoms with Gasteiger partial charge in [0.2, 0.25) is 5.91 Å². The number of hydrogen-bond donors (Lipinski definition) is 1. The van der Waals surface area contributed by atoms with Crippen LogP contribution in [0.25, 0.3) is 16.7 Å². The Morgan fingerprint density at radius 3 is 2.44 bits per heavy atom. The summed E-state index contributed by atoms with van der Waals surface area (Å²) in [6, 6.07) is 7.28. The second kappa shape index (κ2) is 9.14. The van der Waals surface area contributed by atoms with Crippen LogP contribution in [-0.4, -0.2) is 12.5 Å². The number of benzene rings is 2. The summed E-state index contributed by atoms with van der Waals surface area (Å²) in [4.78, 5) is 12.4. The first-order valence-electron chi connectivity index (χ1n) is 8.97. The van der Waals surface area contributed by atoms with Crippen LogP contribution < -0.4 is 5.32 Å². The molecule has 1 N–H and O–H groups in total. The molecule has 5 heteroatoms. The molecule has 2 aromatic carbocycles. The predicted molar refractivity (Wildman–Crippen MR) is 108 cm³/mol. The highest BCUT2D eigenvalue weighted by Gasteiger charge is 2.15. The van der Waals surface area contributed by atoms with Gasteiger partial charge in [0.15, 0.2) is 11.6 Å². The predicted octanol–water partition coefficient (Wildman–Crippen LogP) is 6.30. The largest absolute Gasteiger partial charge is 0.352 e. The maximum atomic E-state index is 13.7. The summed E-state index contributed by atoms with van der Waals surface area (Å²) >= 11 is 6.28. The van der Waals surface area contributed by atoms with Gasteiger partial charge < -0.3 is 5.32 Å². The van der Waals surface area contributed by atoms with Crippen molar-refractivity contribution in [2.24, 2.45) is 0 Å². The summed E-state index contributed by atoms with van der Waals surface area (Å²) in [5.41, 5.74) is 4.30. The van der Waals surface area contributed by atoms with Crippen molar-refractivity contribution in [2.75, 3.05) is 6.54 Å². The van der Waals surface area contributed by atoms with Gasteiger partial charge in [-0.3, -0.25) is 4.79 Å². The highest BCUT2D eigenvalue weighted by molar-refractivity contribution is 6.31. The molecule has 0 heterocycles. The maximum absolute atomic E-state index is 13.7. The van der Waals surface area contributed by atoms with E-state index in [-0.39, 0.29) is 5.91 Å². The molecule has 0 aliphatic rings. The van der Waals surface area contributed by atoms with E-state index in [9.17, 15) is 13.6 Å². The van der Waals surface area contributed by atoms with Crippen LogP contribution in [-0.2, 0) is 4.79 Å². The molecule has 0 radical (unpaired) electrons. The summed E-state index contributed by atoms with van der Waals surface area (Å²) in [6.45, 7) is 8.22. The molecule has 0 aliphatic carbocycles. The van der Waals surface area contributed by atoms with Gasteiger partial charge >= 0.3 is 0 Å². The molecule has 144 valence electrons. The Labute approximate surface area is 164 Å². The fourth-order valence-corrected chi connectivity index (χ4v) is 3.13. The summed E-state index contributed by atoms with van der Waals surface area (Å²) in [5, 5.41) is 3.37. The molecule has 0 atom stereocenters. The van der Waals surface area contributed by atoms with E-state index < -0.39 is 11.6 Å². The molecular weight excluding hydrogens is 368 g/mol. The fourth-order valence-electron chi connectivity index (χ4n) is 2.92. The molecule has 0 spiro atoms. The van der Waals surface area contributed by atoms with Crippen molar-refractivity contribution in [3.05, 3.63) is 63.7 Å². The van der Waals surface area contributed by atoms with Gasteiger partial charge in [0.1, 0.15) is 0 Å². The Morgan fingerprint density at radius 2 is 1.81 bits per heavy atom. The number of carbonyl (C=O) groups excluding carboxylic acids is 1. The Balaban J connectivity index is 2.48. The number of halogens is 3. The lowest BCUT2D eigenvalue weighted by atomic mass is 9.91. The van der Waals surface area contributed by atoms with Gasteiger partial charge in [-0.25, -0.2) is 8.78 Å². The van der Waals surface area contributed by atoms with E-state index in [1.165, 1.54) is 6.07 Å². The standard InChI is InChI=1S/C22H24ClF2NO/c1-5-6-9-26-22(27)14(3)13(2)18-11-17(23)12-19(15(18)4)16-7-8-20(24)21(25)10-16/h7-8,10-12H,5-6,9H2,1-4H3,(H,26,27)/b14-13+. The molecule has 2 rings (SSSR count). The number of allylic oxidation sites excluding steroid dienone is 1. The van der Waals surface area contributed by atoms with E-state index in [0.29, 0.717) is 28.3 Å². The molecule has 2 aromatic rings. The van der Waals surface area contributed by atoms with Gasteiger partial charge in [0.05, 0.1) is 0 Å². The molecular formula is C22H24ClF2NO. The fraction of sp³-hybridized carbons (Fsp3) is 0.318. The minimum atomic E-state index is -0.910. The van der Waals surface area contributed by atoms with E-state index >= 15 is 0 Å². The summed E-state index contributed by atoms with van der Waals surface area (Å²) < 4.78 is 26.9.